The van der Waals surface area contributed by atoms with Gasteiger partial charge in [0.25, 0.3) is 5.91 Å². The molecule has 0 unspecified atom stereocenters. The predicted molar refractivity (Wildman–Crippen MR) is 120 cm³/mol. The summed E-state index contributed by atoms with van der Waals surface area (Å²) in [4.78, 5) is 13.0. The zero-order valence-corrected chi connectivity index (χ0v) is 18.7. The molecular formula is C23H32BrN3O2. The Morgan fingerprint density at radius 3 is 2.69 bits per heavy atom. The van der Waals surface area contributed by atoms with Crippen LogP contribution in [0.3, 0.4) is 0 Å². The number of halogens is 1. The predicted octanol–water partition coefficient (Wildman–Crippen LogP) is 4.61. The van der Waals surface area contributed by atoms with E-state index in [9.17, 15) is 4.79 Å². The summed E-state index contributed by atoms with van der Waals surface area (Å²) in [5.41, 5.74) is 7.89. The van der Waals surface area contributed by atoms with Gasteiger partial charge in [-0.15, -0.1) is 0 Å². The number of hydrogen-bond donors (Lipinski definition) is 2. The summed E-state index contributed by atoms with van der Waals surface area (Å²) in [6.45, 7) is 2.76. The second-order valence-electron chi connectivity index (χ2n) is 8.88. The van der Waals surface area contributed by atoms with E-state index < -0.39 is 0 Å². The molecule has 1 aromatic carbocycles. The van der Waals surface area contributed by atoms with Crippen LogP contribution in [-0.4, -0.2) is 35.8 Å². The standard InChI is InChI=1S/C23H32BrN3O2/c24-19-8-5-9-20-21(19)18(14-27(20)13-11-23(25)15-29-16-23)22(28)26-12-10-17-6-3-1-2-4-7-17/h5,8-9,14,17H,1-4,6-7,10-13,15-16,25H2,(H,26,28). The van der Waals surface area contributed by atoms with Gasteiger partial charge in [0.05, 0.1) is 24.3 Å². The zero-order chi connectivity index (χ0) is 20.3. The van der Waals surface area contributed by atoms with E-state index >= 15 is 0 Å². The maximum absolute atomic E-state index is 13.0. The van der Waals surface area contributed by atoms with Gasteiger partial charge in [0, 0.05) is 34.7 Å². The molecule has 1 aliphatic carbocycles. The third kappa shape index (κ3) is 4.86. The Morgan fingerprint density at radius 1 is 1.24 bits per heavy atom. The molecule has 1 saturated carbocycles. The van der Waals surface area contributed by atoms with Crippen LogP contribution in [0.5, 0.6) is 0 Å². The quantitative estimate of drug-likeness (QED) is 0.591. The molecule has 6 heteroatoms. The minimum atomic E-state index is -0.232. The Bertz CT molecular complexity index is 851. The molecule has 2 aliphatic rings. The summed E-state index contributed by atoms with van der Waals surface area (Å²) in [6, 6.07) is 6.09. The normalized spacial score (nSPS) is 19.7. The fourth-order valence-electron chi connectivity index (χ4n) is 4.66. The highest BCUT2D eigenvalue weighted by Crippen LogP contribution is 2.30. The highest BCUT2D eigenvalue weighted by atomic mass is 79.9. The molecule has 29 heavy (non-hydrogen) atoms. The van der Waals surface area contributed by atoms with E-state index in [2.05, 4.69) is 31.9 Å². The average Bonchev–Trinajstić information content (AvgIpc) is 2.87. The van der Waals surface area contributed by atoms with Crippen LogP contribution in [0.25, 0.3) is 10.9 Å². The third-order valence-corrected chi connectivity index (χ3v) is 7.20. The number of nitrogens with one attached hydrogen (secondary N) is 1. The third-order valence-electron chi connectivity index (χ3n) is 6.54. The van der Waals surface area contributed by atoms with Crippen molar-refractivity contribution in [3.05, 3.63) is 34.4 Å². The average molecular weight is 462 g/mol. The van der Waals surface area contributed by atoms with Gasteiger partial charge in [-0.25, -0.2) is 0 Å². The molecule has 1 amide bonds. The summed E-state index contributed by atoms with van der Waals surface area (Å²) in [5, 5.41) is 4.16. The fraction of sp³-hybridized carbons (Fsp3) is 0.609. The second-order valence-corrected chi connectivity index (χ2v) is 9.73. The molecule has 2 heterocycles. The largest absolute Gasteiger partial charge is 0.377 e. The van der Waals surface area contributed by atoms with Crippen molar-refractivity contribution < 1.29 is 9.53 Å². The number of carbonyl (C=O) groups excluding carboxylic acids is 1. The van der Waals surface area contributed by atoms with Crippen LogP contribution >= 0.6 is 15.9 Å². The van der Waals surface area contributed by atoms with Crippen molar-refractivity contribution in [2.24, 2.45) is 11.7 Å². The van der Waals surface area contributed by atoms with Crippen LogP contribution < -0.4 is 11.1 Å². The molecule has 3 N–H and O–H groups in total. The molecule has 4 rings (SSSR count). The molecule has 0 radical (unpaired) electrons. The van der Waals surface area contributed by atoms with Crippen molar-refractivity contribution in [3.8, 4) is 0 Å². The van der Waals surface area contributed by atoms with Gasteiger partial charge in [0.1, 0.15) is 0 Å². The Kier molecular flexibility index (Phi) is 6.62. The summed E-state index contributed by atoms with van der Waals surface area (Å²) in [5.74, 6) is 0.778. The molecule has 0 spiro atoms. The first-order chi connectivity index (χ1) is 14.1. The lowest BCUT2D eigenvalue weighted by Crippen LogP contribution is -2.57. The van der Waals surface area contributed by atoms with Crippen molar-refractivity contribution in [2.75, 3.05) is 19.8 Å². The van der Waals surface area contributed by atoms with E-state index in [4.69, 9.17) is 10.5 Å². The number of carbonyl (C=O) groups is 1. The van der Waals surface area contributed by atoms with Gasteiger partial charge in [-0.2, -0.15) is 0 Å². The maximum Gasteiger partial charge on any atom is 0.253 e. The van der Waals surface area contributed by atoms with Crippen molar-refractivity contribution in [1.82, 2.24) is 9.88 Å². The van der Waals surface area contributed by atoms with Gasteiger partial charge in [0.2, 0.25) is 0 Å². The molecule has 0 bridgehead atoms. The lowest BCUT2D eigenvalue weighted by Gasteiger charge is -2.37. The van der Waals surface area contributed by atoms with Crippen molar-refractivity contribution in [2.45, 2.75) is 63.5 Å². The van der Waals surface area contributed by atoms with Crippen molar-refractivity contribution in [1.29, 1.82) is 0 Å². The van der Waals surface area contributed by atoms with Crippen molar-refractivity contribution in [3.63, 3.8) is 0 Å². The highest BCUT2D eigenvalue weighted by Gasteiger charge is 2.33. The number of fused-ring (bicyclic) bond motifs is 1. The number of rotatable bonds is 7. The van der Waals surface area contributed by atoms with Crippen LogP contribution in [0.15, 0.2) is 28.9 Å². The molecule has 2 aromatic rings. The monoisotopic (exact) mass is 461 g/mol. The molecule has 5 nitrogen and oxygen atoms in total. The SMILES string of the molecule is NC1(CCn2cc(C(=O)NCCC3CCCCCC3)c3c(Br)cccc32)COC1. The van der Waals surface area contributed by atoms with Gasteiger partial charge in [-0.05, 0) is 30.9 Å². The number of amides is 1. The molecule has 2 fully saturated rings. The number of aryl methyl sites for hydroxylation is 1. The highest BCUT2D eigenvalue weighted by molar-refractivity contribution is 9.10. The number of nitrogens with zero attached hydrogens (tertiary/aromatic N) is 1. The molecule has 158 valence electrons. The number of aromatic nitrogens is 1. The first kappa shape index (κ1) is 20.9. The van der Waals surface area contributed by atoms with Gasteiger partial charge in [-0.3, -0.25) is 4.79 Å². The summed E-state index contributed by atoms with van der Waals surface area (Å²) >= 11 is 3.65. The summed E-state index contributed by atoms with van der Waals surface area (Å²) < 4.78 is 8.39. The minimum absolute atomic E-state index is 0.0173. The maximum atomic E-state index is 13.0. The molecular weight excluding hydrogens is 430 g/mol. The van der Waals surface area contributed by atoms with Gasteiger partial charge in [-0.1, -0.05) is 60.5 Å². The fourth-order valence-corrected chi connectivity index (χ4v) is 5.22. The minimum Gasteiger partial charge on any atom is -0.377 e. The smallest absolute Gasteiger partial charge is 0.253 e. The van der Waals surface area contributed by atoms with Gasteiger partial charge in [0.15, 0.2) is 0 Å². The van der Waals surface area contributed by atoms with E-state index in [1.807, 2.05) is 18.3 Å². The van der Waals surface area contributed by atoms with E-state index in [1.165, 1.54) is 38.5 Å². The van der Waals surface area contributed by atoms with Crippen LogP contribution in [0.4, 0.5) is 0 Å². The number of ether oxygens (including phenoxy) is 1. The molecule has 1 aromatic heterocycles. The Labute approximate surface area is 181 Å². The van der Waals surface area contributed by atoms with Crippen LogP contribution in [0.2, 0.25) is 0 Å². The van der Waals surface area contributed by atoms with Crippen molar-refractivity contribution >= 4 is 32.7 Å². The summed E-state index contributed by atoms with van der Waals surface area (Å²) in [7, 11) is 0. The Balaban J connectivity index is 1.44. The van der Waals surface area contributed by atoms with Gasteiger partial charge >= 0.3 is 0 Å². The van der Waals surface area contributed by atoms with E-state index in [0.29, 0.717) is 13.2 Å². The zero-order valence-electron chi connectivity index (χ0n) is 17.1. The topological polar surface area (TPSA) is 69.3 Å². The number of hydrogen-bond acceptors (Lipinski definition) is 3. The van der Waals surface area contributed by atoms with Crippen LogP contribution in [-0.2, 0) is 11.3 Å². The number of benzene rings is 1. The molecule has 0 atom stereocenters. The Hall–Kier alpha value is -1.37. The number of nitrogens with two attached hydrogens (primary N) is 1. The van der Waals surface area contributed by atoms with E-state index in [0.717, 1.165) is 52.8 Å². The van der Waals surface area contributed by atoms with Gasteiger partial charge < -0.3 is 20.4 Å². The van der Waals surface area contributed by atoms with Crippen LogP contribution in [0, 0.1) is 5.92 Å². The lowest BCUT2D eigenvalue weighted by molar-refractivity contribution is -0.0588. The van der Waals surface area contributed by atoms with E-state index in [1.54, 1.807) is 0 Å². The second kappa shape index (κ2) is 9.19. The first-order valence-corrected chi connectivity index (χ1v) is 11.8. The molecule has 1 aliphatic heterocycles. The molecule has 1 saturated heterocycles. The Morgan fingerprint density at radius 2 is 2.00 bits per heavy atom. The lowest BCUT2D eigenvalue weighted by atomic mass is 9.95. The van der Waals surface area contributed by atoms with E-state index in [-0.39, 0.29) is 11.4 Å². The summed E-state index contributed by atoms with van der Waals surface area (Å²) in [6.07, 6.45) is 11.9. The first-order valence-electron chi connectivity index (χ1n) is 11.0. The van der Waals surface area contributed by atoms with Crippen LogP contribution in [0.1, 0.15) is 61.7 Å².